The van der Waals surface area contributed by atoms with Gasteiger partial charge in [0.1, 0.15) is 5.82 Å². The predicted octanol–water partition coefficient (Wildman–Crippen LogP) is 1.36. The zero-order valence-corrected chi connectivity index (χ0v) is 6.96. The predicted molar refractivity (Wildman–Crippen MR) is 43.1 cm³/mol. The van der Waals surface area contributed by atoms with Crippen LogP contribution < -0.4 is 5.73 Å². The number of rotatable bonds is 1. The Bertz CT molecular complexity index is 246. The van der Waals surface area contributed by atoms with Crippen molar-refractivity contribution in [3.05, 3.63) is 5.38 Å². The van der Waals surface area contributed by atoms with Crippen LogP contribution in [0.2, 0.25) is 0 Å². The van der Waals surface area contributed by atoms with Gasteiger partial charge in [-0.1, -0.05) is 0 Å². The van der Waals surface area contributed by atoms with Crippen molar-refractivity contribution >= 4 is 34.0 Å². The van der Waals surface area contributed by atoms with E-state index >= 15 is 0 Å². The number of aromatic nitrogens is 1. The highest BCUT2D eigenvalue weighted by atomic mass is 32.2. The zero-order chi connectivity index (χ0) is 7.56. The lowest BCUT2D eigenvalue weighted by atomic mass is 10.9. The molecule has 0 spiro atoms. The first-order valence-corrected chi connectivity index (χ1v) is 4.27. The number of thiazole rings is 1. The molecule has 1 aromatic heterocycles. The number of carbonyl (C=O) groups is 1. The molecular weight excluding hydrogens is 168 g/mol. The Morgan fingerprint density at radius 1 is 1.90 bits per heavy atom. The molecule has 54 valence electrons. The third kappa shape index (κ3) is 2.00. The second-order valence-corrected chi connectivity index (χ2v) is 3.91. The van der Waals surface area contributed by atoms with Crippen molar-refractivity contribution in [1.82, 2.24) is 4.98 Å². The van der Waals surface area contributed by atoms with Gasteiger partial charge in [-0.05, 0) is 11.8 Å². The van der Waals surface area contributed by atoms with Crippen molar-refractivity contribution in [3.8, 4) is 0 Å². The number of anilines is 1. The second-order valence-electron chi connectivity index (χ2n) is 1.63. The topological polar surface area (TPSA) is 56.0 Å². The van der Waals surface area contributed by atoms with Crippen molar-refractivity contribution in [3.63, 3.8) is 0 Å². The van der Waals surface area contributed by atoms with E-state index in [0.717, 1.165) is 11.8 Å². The standard InChI is InChI=1S/C5H6N2OS2/c1-3(8)10-5-7-4(6)2-9-5/h2H,6H2,1H3. The van der Waals surface area contributed by atoms with Crippen LogP contribution >= 0.6 is 23.1 Å². The zero-order valence-electron chi connectivity index (χ0n) is 5.33. The van der Waals surface area contributed by atoms with Crippen LogP contribution in [0.15, 0.2) is 9.72 Å². The van der Waals surface area contributed by atoms with Gasteiger partial charge in [-0.3, -0.25) is 4.79 Å². The Morgan fingerprint density at radius 3 is 3.00 bits per heavy atom. The number of carbonyl (C=O) groups excluding carboxylic acids is 1. The smallest absolute Gasteiger partial charge is 0.192 e. The van der Waals surface area contributed by atoms with E-state index in [2.05, 4.69) is 4.98 Å². The second kappa shape index (κ2) is 3.03. The maximum Gasteiger partial charge on any atom is 0.192 e. The molecule has 10 heavy (non-hydrogen) atoms. The van der Waals surface area contributed by atoms with Crippen LogP contribution in [0.1, 0.15) is 6.92 Å². The first-order valence-electron chi connectivity index (χ1n) is 2.58. The van der Waals surface area contributed by atoms with Gasteiger partial charge >= 0.3 is 0 Å². The quantitative estimate of drug-likeness (QED) is 0.653. The molecule has 0 atom stereocenters. The highest BCUT2D eigenvalue weighted by Crippen LogP contribution is 2.23. The lowest BCUT2D eigenvalue weighted by Gasteiger charge is -1.84. The maximum absolute atomic E-state index is 10.5. The van der Waals surface area contributed by atoms with Crippen molar-refractivity contribution in [2.45, 2.75) is 11.3 Å². The van der Waals surface area contributed by atoms with Crippen LogP contribution in [0.5, 0.6) is 0 Å². The minimum atomic E-state index is 0.0364. The Hall–Kier alpha value is -0.550. The van der Waals surface area contributed by atoms with Gasteiger partial charge in [0.05, 0.1) is 0 Å². The van der Waals surface area contributed by atoms with Crippen molar-refractivity contribution in [2.24, 2.45) is 0 Å². The summed E-state index contributed by atoms with van der Waals surface area (Å²) in [6.45, 7) is 1.50. The third-order valence-corrected chi connectivity index (χ3v) is 2.48. The van der Waals surface area contributed by atoms with Gasteiger partial charge in [-0.25, -0.2) is 4.98 Å². The van der Waals surface area contributed by atoms with E-state index in [1.807, 2.05) is 0 Å². The summed E-state index contributed by atoms with van der Waals surface area (Å²) in [5.74, 6) is 0.480. The fourth-order valence-corrected chi connectivity index (χ4v) is 1.96. The number of hydrogen-bond donors (Lipinski definition) is 1. The number of thioether (sulfide) groups is 1. The van der Waals surface area contributed by atoms with E-state index in [0.29, 0.717) is 10.2 Å². The van der Waals surface area contributed by atoms with E-state index < -0.39 is 0 Å². The molecule has 0 saturated carbocycles. The van der Waals surface area contributed by atoms with Crippen LogP contribution in [0.25, 0.3) is 0 Å². The number of hydrogen-bond acceptors (Lipinski definition) is 5. The molecule has 0 saturated heterocycles. The summed E-state index contributed by atoms with van der Waals surface area (Å²) in [5.41, 5.74) is 5.33. The SMILES string of the molecule is CC(=O)Sc1nc(N)cs1. The lowest BCUT2D eigenvalue weighted by molar-refractivity contribution is -0.109. The maximum atomic E-state index is 10.5. The molecule has 0 aliphatic carbocycles. The van der Waals surface area contributed by atoms with Crippen LogP contribution in [-0.2, 0) is 4.79 Å². The summed E-state index contributed by atoms with van der Waals surface area (Å²) in [6.07, 6.45) is 0. The molecule has 0 aliphatic heterocycles. The summed E-state index contributed by atoms with van der Waals surface area (Å²) in [7, 11) is 0. The first-order chi connectivity index (χ1) is 4.68. The minimum Gasteiger partial charge on any atom is -0.383 e. The summed E-state index contributed by atoms with van der Waals surface area (Å²) >= 11 is 2.49. The monoisotopic (exact) mass is 174 g/mol. The van der Waals surface area contributed by atoms with Gasteiger partial charge in [0, 0.05) is 12.3 Å². The molecule has 0 unspecified atom stereocenters. The number of nitrogens with two attached hydrogens (primary N) is 1. The Kier molecular flexibility index (Phi) is 2.29. The molecule has 3 nitrogen and oxygen atoms in total. The Labute approximate surface area is 66.6 Å². The highest BCUT2D eigenvalue weighted by molar-refractivity contribution is 8.14. The molecule has 0 radical (unpaired) electrons. The van der Waals surface area contributed by atoms with E-state index in [-0.39, 0.29) is 5.12 Å². The normalized spacial score (nSPS) is 9.70. The van der Waals surface area contributed by atoms with E-state index in [9.17, 15) is 4.79 Å². The highest BCUT2D eigenvalue weighted by Gasteiger charge is 2.01. The molecule has 0 amide bonds. The fraction of sp³-hybridized carbons (Fsp3) is 0.200. The molecule has 0 bridgehead atoms. The van der Waals surface area contributed by atoms with Gasteiger partial charge in [0.25, 0.3) is 0 Å². The average molecular weight is 174 g/mol. The van der Waals surface area contributed by atoms with Crippen molar-refractivity contribution in [2.75, 3.05) is 5.73 Å². The summed E-state index contributed by atoms with van der Waals surface area (Å²) < 4.78 is 0.713. The summed E-state index contributed by atoms with van der Waals surface area (Å²) in [4.78, 5) is 14.4. The van der Waals surface area contributed by atoms with Crippen LogP contribution in [0.3, 0.4) is 0 Å². The number of nitrogens with zero attached hydrogens (tertiary/aromatic N) is 1. The minimum absolute atomic E-state index is 0.0364. The van der Waals surface area contributed by atoms with E-state index in [1.165, 1.54) is 18.3 Å². The van der Waals surface area contributed by atoms with Crippen molar-refractivity contribution < 1.29 is 4.79 Å². The van der Waals surface area contributed by atoms with Gasteiger partial charge < -0.3 is 5.73 Å². The lowest BCUT2D eigenvalue weighted by Crippen LogP contribution is -1.84. The molecule has 0 aliphatic rings. The summed E-state index contributed by atoms with van der Waals surface area (Å²) in [5, 5.41) is 1.75. The first kappa shape index (κ1) is 7.56. The van der Waals surface area contributed by atoms with Gasteiger partial charge in [-0.2, -0.15) is 0 Å². The molecular formula is C5H6N2OS2. The molecule has 1 heterocycles. The van der Waals surface area contributed by atoms with Gasteiger partial charge in [-0.15, -0.1) is 11.3 Å². The van der Waals surface area contributed by atoms with Gasteiger partial charge in [0.15, 0.2) is 9.45 Å². The number of nitrogen functional groups attached to an aromatic ring is 1. The van der Waals surface area contributed by atoms with E-state index in [1.54, 1.807) is 5.38 Å². The van der Waals surface area contributed by atoms with Crippen LogP contribution in [0.4, 0.5) is 5.82 Å². The average Bonchev–Trinajstić information content (AvgIpc) is 2.13. The molecule has 2 N–H and O–H groups in total. The Balaban J connectivity index is 2.67. The molecule has 0 aromatic carbocycles. The van der Waals surface area contributed by atoms with Crippen LogP contribution in [-0.4, -0.2) is 10.1 Å². The largest absolute Gasteiger partial charge is 0.383 e. The molecule has 1 rings (SSSR count). The molecule has 5 heteroatoms. The fourth-order valence-electron chi connectivity index (χ4n) is 0.439. The van der Waals surface area contributed by atoms with E-state index in [4.69, 9.17) is 5.73 Å². The summed E-state index contributed by atoms with van der Waals surface area (Å²) in [6, 6.07) is 0. The van der Waals surface area contributed by atoms with Crippen molar-refractivity contribution in [1.29, 1.82) is 0 Å². The van der Waals surface area contributed by atoms with Gasteiger partial charge in [0.2, 0.25) is 0 Å². The Morgan fingerprint density at radius 2 is 2.60 bits per heavy atom. The molecule has 0 fully saturated rings. The van der Waals surface area contributed by atoms with Crippen LogP contribution in [0, 0.1) is 0 Å². The molecule has 1 aromatic rings. The third-order valence-electron chi connectivity index (χ3n) is 0.732.